The fourth-order valence-electron chi connectivity index (χ4n) is 1.41. The minimum Gasteiger partial charge on any atom is -0.398 e. The van der Waals surface area contributed by atoms with E-state index >= 15 is 0 Å². The van der Waals surface area contributed by atoms with Crippen LogP contribution in [-0.4, -0.2) is 15.0 Å². The zero-order valence-corrected chi connectivity index (χ0v) is 12.1. The van der Waals surface area contributed by atoms with Gasteiger partial charge >= 0.3 is 0 Å². The molecule has 0 radical (unpaired) electrons. The second-order valence-electron chi connectivity index (χ2n) is 4.10. The topological polar surface area (TPSA) is 72.2 Å². The largest absolute Gasteiger partial charge is 0.398 e. The Balaban J connectivity index is 2.30. The summed E-state index contributed by atoms with van der Waals surface area (Å²) in [5.74, 6) is 0.472. The molecule has 4 nitrogen and oxygen atoms in total. The molecule has 1 aliphatic carbocycles. The van der Waals surface area contributed by atoms with Crippen LogP contribution in [0.2, 0.25) is 5.02 Å². The number of rotatable bonds is 4. The van der Waals surface area contributed by atoms with Gasteiger partial charge in [-0.05, 0) is 46.8 Å². The maximum Gasteiger partial charge on any atom is 0.241 e. The molecule has 1 aromatic carbocycles. The van der Waals surface area contributed by atoms with E-state index in [0.29, 0.717) is 27.6 Å². The van der Waals surface area contributed by atoms with E-state index in [9.17, 15) is 8.42 Å². The summed E-state index contributed by atoms with van der Waals surface area (Å²) in [5.41, 5.74) is 5.97. The molecule has 3 N–H and O–H groups in total. The van der Waals surface area contributed by atoms with Crippen molar-refractivity contribution in [1.82, 2.24) is 4.72 Å². The predicted molar refractivity (Wildman–Crippen MR) is 71.5 cm³/mol. The summed E-state index contributed by atoms with van der Waals surface area (Å²) < 4.78 is 27.0. The van der Waals surface area contributed by atoms with Gasteiger partial charge in [-0.2, -0.15) is 0 Å². The first kappa shape index (κ1) is 13.1. The van der Waals surface area contributed by atoms with Crippen LogP contribution in [-0.2, 0) is 10.0 Å². The van der Waals surface area contributed by atoms with Gasteiger partial charge in [0.05, 0.1) is 9.37 Å². The smallest absolute Gasteiger partial charge is 0.241 e. The summed E-state index contributed by atoms with van der Waals surface area (Å²) in [4.78, 5) is 0.0863. The Kier molecular flexibility index (Phi) is 3.68. The lowest BCUT2D eigenvalue weighted by atomic mass is 10.3. The lowest BCUT2D eigenvalue weighted by Crippen LogP contribution is -2.26. The zero-order chi connectivity index (χ0) is 12.6. The van der Waals surface area contributed by atoms with Gasteiger partial charge in [-0.1, -0.05) is 11.6 Å². The molecule has 17 heavy (non-hydrogen) atoms. The summed E-state index contributed by atoms with van der Waals surface area (Å²) in [5, 5.41) is 0.303. The SMILES string of the molecule is Nc1cc(Cl)cc(S(=O)(=O)NCC2CC2)c1Br. The molecule has 0 aliphatic heterocycles. The first-order valence-electron chi connectivity index (χ1n) is 5.14. The number of hydrogen-bond acceptors (Lipinski definition) is 3. The highest BCUT2D eigenvalue weighted by Crippen LogP contribution is 2.32. The quantitative estimate of drug-likeness (QED) is 0.827. The fraction of sp³-hybridized carbons (Fsp3) is 0.400. The third-order valence-electron chi connectivity index (χ3n) is 2.58. The van der Waals surface area contributed by atoms with Gasteiger partial charge in [-0.25, -0.2) is 13.1 Å². The summed E-state index contributed by atoms with van der Waals surface area (Å²) in [6.07, 6.45) is 2.17. The summed E-state index contributed by atoms with van der Waals surface area (Å²) in [6, 6.07) is 2.89. The second-order valence-corrected chi connectivity index (χ2v) is 7.07. The Labute approximate surface area is 114 Å². The van der Waals surface area contributed by atoms with E-state index in [4.69, 9.17) is 17.3 Å². The number of sulfonamides is 1. The number of nitrogens with one attached hydrogen (secondary N) is 1. The molecule has 1 fully saturated rings. The average Bonchev–Trinajstić information content (AvgIpc) is 3.04. The van der Waals surface area contributed by atoms with Crippen molar-refractivity contribution in [3.63, 3.8) is 0 Å². The first-order valence-corrected chi connectivity index (χ1v) is 7.80. The Bertz CT molecular complexity index is 543. The number of anilines is 1. The minimum atomic E-state index is -3.55. The van der Waals surface area contributed by atoms with E-state index in [2.05, 4.69) is 20.7 Å². The van der Waals surface area contributed by atoms with Gasteiger partial charge in [0.2, 0.25) is 10.0 Å². The molecule has 0 bridgehead atoms. The average molecular weight is 340 g/mol. The Hall–Kier alpha value is -0.300. The van der Waals surface area contributed by atoms with E-state index in [1.165, 1.54) is 12.1 Å². The first-order chi connectivity index (χ1) is 7.90. The Morgan fingerprint density at radius 1 is 1.47 bits per heavy atom. The molecule has 1 aliphatic rings. The summed E-state index contributed by atoms with van der Waals surface area (Å²) >= 11 is 8.98. The molecule has 0 heterocycles. The van der Waals surface area contributed by atoms with Crippen LogP contribution in [0.1, 0.15) is 12.8 Å². The van der Waals surface area contributed by atoms with Crippen LogP contribution < -0.4 is 10.5 Å². The molecule has 0 spiro atoms. The highest BCUT2D eigenvalue weighted by atomic mass is 79.9. The van der Waals surface area contributed by atoms with Crippen LogP contribution in [0.3, 0.4) is 0 Å². The molecule has 94 valence electrons. The standard InChI is InChI=1S/C10H12BrClN2O2S/c11-10-8(13)3-7(12)4-9(10)17(15,16)14-5-6-1-2-6/h3-4,6,14H,1-2,5,13H2. The van der Waals surface area contributed by atoms with Gasteiger partial charge in [0.25, 0.3) is 0 Å². The van der Waals surface area contributed by atoms with Gasteiger partial charge in [-0.3, -0.25) is 0 Å². The Morgan fingerprint density at radius 3 is 2.71 bits per heavy atom. The van der Waals surface area contributed by atoms with Crippen LogP contribution in [0.25, 0.3) is 0 Å². The summed E-state index contributed by atoms with van der Waals surface area (Å²) in [7, 11) is -3.55. The van der Waals surface area contributed by atoms with Crippen LogP contribution >= 0.6 is 27.5 Å². The van der Waals surface area contributed by atoms with Crippen LogP contribution in [0, 0.1) is 5.92 Å². The number of halogens is 2. The molecule has 1 aromatic rings. The zero-order valence-electron chi connectivity index (χ0n) is 8.91. The van der Waals surface area contributed by atoms with E-state index in [0.717, 1.165) is 12.8 Å². The van der Waals surface area contributed by atoms with Crippen LogP contribution in [0.15, 0.2) is 21.5 Å². The van der Waals surface area contributed by atoms with Crippen LogP contribution in [0.4, 0.5) is 5.69 Å². The van der Waals surface area contributed by atoms with E-state index in [1.807, 2.05) is 0 Å². The van der Waals surface area contributed by atoms with Crippen molar-refractivity contribution in [3.05, 3.63) is 21.6 Å². The van der Waals surface area contributed by atoms with E-state index in [1.54, 1.807) is 0 Å². The second kappa shape index (κ2) is 4.76. The number of hydrogen-bond donors (Lipinski definition) is 2. The van der Waals surface area contributed by atoms with E-state index in [-0.39, 0.29) is 4.90 Å². The predicted octanol–water partition coefficient (Wildman–Crippen LogP) is 2.37. The summed E-state index contributed by atoms with van der Waals surface area (Å²) in [6.45, 7) is 0.473. The van der Waals surface area contributed by atoms with Crippen molar-refractivity contribution in [2.45, 2.75) is 17.7 Å². The third-order valence-corrected chi connectivity index (χ3v) is 5.39. The van der Waals surface area contributed by atoms with Gasteiger partial charge in [-0.15, -0.1) is 0 Å². The monoisotopic (exact) mass is 338 g/mol. The molecule has 7 heteroatoms. The highest BCUT2D eigenvalue weighted by Gasteiger charge is 2.26. The highest BCUT2D eigenvalue weighted by molar-refractivity contribution is 9.10. The van der Waals surface area contributed by atoms with Crippen molar-refractivity contribution in [2.24, 2.45) is 5.92 Å². The van der Waals surface area contributed by atoms with Crippen molar-refractivity contribution >= 4 is 43.2 Å². The molecule has 0 unspecified atom stereocenters. The molecular weight excluding hydrogens is 328 g/mol. The molecule has 1 saturated carbocycles. The van der Waals surface area contributed by atoms with Gasteiger partial charge in [0.1, 0.15) is 0 Å². The third kappa shape index (κ3) is 3.13. The lowest BCUT2D eigenvalue weighted by molar-refractivity contribution is 0.577. The molecule has 0 amide bonds. The van der Waals surface area contributed by atoms with Crippen molar-refractivity contribution in [2.75, 3.05) is 12.3 Å². The molecule has 0 aromatic heterocycles. The number of nitrogen functional groups attached to an aromatic ring is 1. The number of nitrogens with two attached hydrogens (primary N) is 1. The van der Waals surface area contributed by atoms with Crippen molar-refractivity contribution in [3.8, 4) is 0 Å². The Morgan fingerprint density at radius 2 is 2.12 bits per heavy atom. The van der Waals surface area contributed by atoms with Gasteiger partial charge < -0.3 is 5.73 Å². The normalized spacial score (nSPS) is 16.1. The molecule has 0 atom stereocenters. The molecular formula is C10H12BrClN2O2S. The maximum absolute atomic E-state index is 12.0. The molecule has 0 saturated heterocycles. The van der Waals surface area contributed by atoms with Gasteiger partial charge in [0.15, 0.2) is 0 Å². The van der Waals surface area contributed by atoms with Gasteiger partial charge in [0, 0.05) is 17.3 Å². The maximum atomic E-state index is 12.0. The lowest BCUT2D eigenvalue weighted by Gasteiger charge is -2.10. The van der Waals surface area contributed by atoms with Crippen LogP contribution in [0.5, 0.6) is 0 Å². The molecule has 2 rings (SSSR count). The number of benzene rings is 1. The fourth-order valence-corrected chi connectivity index (χ4v) is 3.81. The minimum absolute atomic E-state index is 0.0863. The van der Waals surface area contributed by atoms with E-state index < -0.39 is 10.0 Å². The van der Waals surface area contributed by atoms with Crippen molar-refractivity contribution in [1.29, 1.82) is 0 Å². The van der Waals surface area contributed by atoms with Crippen molar-refractivity contribution < 1.29 is 8.42 Å².